The molecule has 0 spiro atoms. The fraction of sp³-hybridized carbons (Fsp3) is 0.500. The lowest BCUT2D eigenvalue weighted by Gasteiger charge is -2.48. The van der Waals surface area contributed by atoms with E-state index in [0.717, 1.165) is 31.2 Å². The lowest BCUT2D eigenvalue weighted by Crippen LogP contribution is -2.56. The number of piperidine rings is 1. The number of likely N-dealkylation sites (tertiary alicyclic amines) is 1. The van der Waals surface area contributed by atoms with Crippen LogP contribution in [-0.2, 0) is 15.0 Å². The average molecular weight is 257 g/mol. The van der Waals surface area contributed by atoms with E-state index in [9.17, 15) is 9.59 Å². The number of hydrogen-bond acceptors (Lipinski definition) is 2. The molecule has 3 rings (SSSR count). The molecule has 3 heteroatoms. The standard InChI is InChI=1S/C16H19NO2/c1-17-14(18)11-16(12-7-3-2-4-8-12)10-6-5-9-13(16)15(17)19/h2-4,7-8,13H,5-6,9-11H2,1H3. The van der Waals surface area contributed by atoms with Crippen molar-refractivity contribution in [2.24, 2.45) is 5.92 Å². The molecule has 2 amide bonds. The molecule has 2 fully saturated rings. The molecule has 2 atom stereocenters. The van der Waals surface area contributed by atoms with Gasteiger partial charge in [0.1, 0.15) is 0 Å². The topological polar surface area (TPSA) is 37.4 Å². The highest BCUT2D eigenvalue weighted by Crippen LogP contribution is 2.49. The Morgan fingerprint density at radius 1 is 1.16 bits per heavy atom. The van der Waals surface area contributed by atoms with Crippen LogP contribution in [0.25, 0.3) is 0 Å². The third-order valence-corrected chi connectivity index (χ3v) is 4.85. The van der Waals surface area contributed by atoms with Crippen LogP contribution in [0.15, 0.2) is 30.3 Å². The number of fused-ring (bicyclic) bond motifs is 1. The maximum absolute atomic E-state index is 12.5. The largest absolute Gasteiger partial charge is 0.285 e. The summed E-state index contributed by atoms with van der Waals surface area (Å²) < 4.78 is 0. The molecule has 1 aliphatic heterocycles. The van der Waals surface area contributed by atoms with Gasteiger partial charge in [-0.25, -0.2) is 0 Å². The lowest BCUT2D eigenvalue weighted by atomic mass is 9.58. The predicted molar refractivity (Wildman–Crippen MR) is 72.5 cm³/mol. The summed E-state index contributed by atoms with van der Waals surface area (Å²) in [5.74, 6) is -0.0434. The van der Waals surface area contributed by atoms with Crippen molar-refractivity contribution in [2.75, 3.05) is 7.05 Å². The minimum Gasteiger partial charge on any atom is -0.285 e. The first-order valence-electron chi connectivity index (χ1n) is 7.01. The van der Waals surface area contributed by atoms with Gasteiger partial charge >= 0.3 is 0 Å². The van der Waals surface area contributed by atoms with Gasteiger partial charge in [0, 0.05) is 24.8 Å². The van der Waals surface area contributed by atoms with Crippen molar-refractivity contribution in [1.82, 2.24) is 4.90 Å². The Labute approximate surface area is 113 Å². The molecular formula is C16H19NO2. The van der Waals surface area contributed by atoms with Crippen molar-refractivity contribution >= 4 is 11.8 Å². The van der Waals surface area contributed by atoms with Crippen LogP contribution in [0, 0.1) is 5.92 Å². The summed E-state index contributed by atoms with van der Waals surface area (Å²) in [4.78, 5) is 25.9. The molecule has 1 saturated carbocycles. The normalized spacial score (nSPS) is 31.2. The van der Waals surface area contributed by atoms with Crippen LogP contribution in [0.1, 0.15) is 37.7 Å². The van der Waals surface area contributed by atoms with E-state index in [1.807, 2.05) is 18.2 Å². The number of carbonyl (C=O) groups excluding carboxylic acids is 2. The average Bonchev–Trinajstić information content (AvgIpc) is 2.46. The first kappa shape index (κ1) is 12.4. The molecule has 0 bridgehead atoms. The molecule has 1 aromatic carbocycles. The maximum atomic E-state index is 12.5. The van der Waals surface area contributed by atoms with Gasteiger partial charge in [0.2, 0.25) is 11.8 Å². The number of imide groups is 1. The summed E-state index contributed by atoms with van der Waals surface area (Å²) in [5, 5.41) is 0. The van der Waals surface area contributed by atoms with Crippen molar-refractivity contribution in [3.05, 3.63) is 35.9 Å². The summed E-state index contributed by atoms with van der Waals surface area (Å²) in [6.07, 6.45) is 4.53. The highest BCUT2D eigenvalue weighted by molar-refractivity contribution is 6.00. The van der Waals surface area contributed by atoms with Crippen LogP contribution in [0.4, 0.5) is 0 Å². The third-order valence-electron chi connectivity index (χ3n) is 4.85. The Bertz CT molecular complexity index is 511. The van der Waals surface area contributed by atoms with Gasteiger partial charge in [-0.05, 0) is 18.4 Å². The van der Waals surface area contributed by atoms with Gasteiger partial charge in [0.15, 0.2) is 0 Å². The van der Waals surface area contributed by atoms with E-state index in [4.69, 9.17) is 0 Å². The molecule has 2 unspecified atom stereocenters. The van der Waals surface area contributed by atoms with Crippen molar-refractivity contribution in [2.45, 2.75) is 37.5 Å². The smallest absolute Gasteiger partial charge is 0.232 e. The maximum Gasteiger partial charge on any atom is 0.232 e. The predicted octanol–water partition coefficient (Wildman–Crippen LogP) is 2.50. The second-order valence-electron chi connectivity index (χ2n) is 5.79. The van der Waals surface area contributed by atoms with Gasteiger partial charge in [-0.15, -0.1) is 0 Å². The number of rotatable bonds is 1. The minimum atomic E-state index is -0.250. The summed E-state index contributed by atoms with van der Waals surface area (Å²) in [6, 6.07) is 10.1. The van der Waals surface area contributed by atoms with Crippen LogP contribution >= 0.6 is 0 Å². The van der Waals surface area contributed by atoms with E-state index >= 15 is 0 Å². The SMILES string of the molecule is CN1C(=O)CC2(c3ccccc3)CCCCC2C1=O. The summed E-state index contributed by atoms with van der Waals surface area (Å²) in [5.41, 5.74) is 0.912. The van der Waals surface area contributed by atoms with Crippen LogP contribution in [-0.4, -0.2) is 23.8 Å². The van der Waals surface area contributed by atoms with E-state index in [0.29, 0.717) is 6.42 Å². The van der Waals surface area contributed by atoms with Crippen LogP contribution < -0.4 is 0 Å². The van der Waals surface area contributed by atoms with Gasteiger partial charge in [-0.2, -0.15) is 0 Å². The quantitative estimate of drug-likeness (QED) is 0.725. The molecule has 1 heterocycles. The van der Waals surface area contributed by atoms with Crippen molar-refractivity contribution in [3.63, 3.8) is 0 Å². The van der Waals surface area contributed by atoms with Crippen LogP contribution in [0.2, 0.25) is 0 Å². The zero-order valence-electron chi connectivity index (χ0n) is 11.3. The molecule has 1 saturated heterocycles. The van der Waals surface area contributed by atoms with E-state index in [2.05, 4.69) is 12.1 Å². The Hall–Kier alpha value is -1.64. The van der Waals surface area contributed by atoms with E-state index in [1.165, 1.54) is 4.90 Å². The number of carbonyl (C=O) groups is 2. The molecular weight excluding hydrogens is 238 g/mol. The van der Waals surface area contributed by atoms with Gasteiger partial charge in [-0.1, -0.05) is 43.2 Å². The first-order valence-corrected chi connectivity index (χ1v) is 7.01. The third kappa shape index (κ3) is 1.79. The Balaban J connectivity index is 2.09. The molecule has 2 aliphatic rings. The Kier molecular flexibility index (Phi) is 2.92. The zero-order chi connectivity index (χ0) is 13.5. The monoisotopic (exact) mass is 257 g/mol. The number of nitrogens with zero attached hydrogens (tertiary/aromatic N) is 1. The molecule has 100 valence electrons. The van der Waals surface area contributed by atoms with E-state index < -0.39 is 0 Å². The number of hydrogen-bond donors (Lipinski definition) is 0. The van der Waals surface area contributed by atoms with Gasteiger partial charge in [-0.3, -0.25) is 14.5 Å². The van der Waals surface area contributed by atoms with E-state index in [1.54, 1.807) is 7.05 Å². The van der Waals surface area contributed by atoms with Gasteiger partial charge in [0.05, 0.1) is 0 Å². The van der Waals surface area contributed by atoms with Gasteiger partial charge < -0.3 is 0 Å². The van der Waals surface area contributed by atoms with Crippen molar-refractivity contribution < 1.29 is 9.59 Å². The highest BCUT2D eigenvalue weighted by Gasteiger charge is 2.52. The number of amides is 2. The molecule has 19 heavy (non-hydrogen) atoms. The Morgan fingerprint density at radius 2 is 1.89 bits per heavy atom. The number of benzene rings is 1. The molecule has 0 aromatic heterocycles. The summed E-state index contributed by atoms with van der Waals surface area (Å²) in [6.45, 7) is 0. The Morgan fingerprint density at radius 3 is 2.63 bits per heavy atom. The van der Waals surface area contributed by atoms with E-state index in [-0.39, 0.29) is 23.1 Å². The molecule has 1 aliphatic carbocycles. The lowest BCUT2D eigenvalue weighted by molar-refractivity contribution is -0.155. The molecule has 3 nitrogen and oxygen atoms in total. The fourth-order valence-electron chi connectivity index (χ4n) is 3.77. The summed E-state index contributed by atoms with van der Waals surface area (Å²) >= 11 is 0. The van der Waals surface area contributed by atoms with Crippen LogP contribution in [0.3, 0.4) is 0 Å². The second kappa shape index (κ2) is 4.48. The summed E-state index contributed by atoms with van der Waals surface area (Å²) in [7, 11) is 1.62. The minimum absolute atomic E-state index is 0.0137. The van der Waals surface area contributed by atoms with Gasteiger partial charge in [0.25, 0.3) is 0 Å². The van der Waals surface area contributed by atoms with Crippen molar-refractivity contribution in [3.8, 4) is 0 Å². The first-order chi connectivity index (χ1) is 9.15. The second-order valence-corrected chi connectivity index (χ2v) is 5.79. The molecule has 0 radical (unpaired) electrons. The fourth-order valence-corrected chi connectivity index (χ4v) is 3.77. The van der Waals surface area contributed by atoms with Crippen molar-refractivity contribution in [1.29, 1.82) is 0 Å². The zero-order valence-corrected chi connectivity index (χ0v) is 11.3. The molecule has 1 aromatic rings. The highest BCUT2D eigenvalue weighted by atomic mass is 16.2. The molecule has 0 N–H and O–H groups in total. The van der Waals surface area contributed by atoms with Crippen LogP contribution in [0.5, 0.6) is 0 Å².